The molecular formula is C19H22N2O3S. The number of methoxy groups -OCH3 is 1. The van der Waals surface area contributed by atoms with E-state index in [1.807, 2.05) is 43.3 Å². The minimum absolute atomic E-state index is 0.355. The summed E-state index contributed by atoms with van der Waals surface area (Å²) in [6.07, 6.45) is 2.53. The van der Waals surface area contributed by atoms with E-state index in [1.54, 1.807) is 13.3 Å². The average molecular weight is 358 g/mol. The highest BCUT2D eigenvalue weighted by molar-refractivity contribution is 7.84. The molecule has 1 atom stereocenters. The maximum absolute atomic E-state index is 12.7. The summed E-state index contributed by atoms with van der Waals surface area (Å²) in [6.45, 7) is 3.21. The molecule has 0 bridgehead atoms. The van der Waals surface area contributed by atoms with Gasteiger partial charge in [-0.25, -0.2) is 0 Å². The maximum atomic E-state index is 12.7. The lowest BCUT2D eigenvalue weighted by Crippen LogP contribution is -2.06. The lowest BCUT2D eigenvalue weighted by molar-refractivity contribution is 0.172. The Balaban J connectivity index is 1.72. The molecule has 132 valence electrons. The van der Waals surface area contributed by atoms with E-state index < -0.39 is 10.8 Å². The molecule has 2 aromatic heterocycles. The standard InChI is InChI=1S/C19H22N2O3S/c1-14-17(20-9-8-18(14)24-11-5-10-23-2)13-25(22)19-12-15-6-3-4-7-16(15)21-19/h3-4,6-9,12,21H,5,10-11,13H2,1-2H3. The van der Waals surface area contributed by atoms with Gasteiger partial charge in [-0.3, -0.25) is 9.19 Å². The van der Waals surface area contributed by atoms with Gasteiger partial charge in [-0.2, -0.15) is 0 Å². The number of nitrogens with zero attached hydrogens (tertiary/aromatic N) is 1. The Bertz CT molecular complexity index is 843. The van der Waals surface area contributed by atoms with Gasteiger partial charge < -0.3 is 14.5 Å². The summed E-state index contributed by atoms with van der Waals surface area (Å²) < 4.78 is 23.5. The fourth-order valence-electron chi connectivity index (χ4n) is 2.62. The first-order valence-corrected chi connectivity index (χ1v) is 9.53. The summed E-state index contributed by atoms with van der Waals surface area (Å²) in [6, 6.07) is 11.7. The van der Waals surface area contributed by atoms with Crippen molar-refractivity contribution in [3.05, 3.63) is 53.9 Å². The van der Waals surface area contributed by atoms with E-state index in [2.05, 4.69) is 9.97 Å². The van der Waals surface area contributed by atoms with Crippen LogP contribution < -0.4 is 4.74 Å². The highest BCUT2D eigenvalue weighted by atomic mass is 32.2. The van der Waals surface area contributed by atoms with Crippen LogP contribution in [-0.2, 0) is 21.3 Å². The van der Waals surface area contributed by atoms with Gasteiger partial charge >= 0.3 is 0 Å². The summed E-state index contributed by atoms with van der Waals surface area (Å²) in [5.41, 5.74) is 2.72. The number of nitrogens with one attached hydrogen (secondary N) is 1. The van der Waals surface area contributed by atoms with E-state index in [-0.39, 0.29) is 0 Å². The van der Waals surface area contributed by atoms with Gasteiger partial charge in [-0.05, 0) is 25.1 Å². The molecule has 0 radical (unpaired) electrons. The van der Waals surface area contributed by atoms with Crippen LogP contribution in [-0.4, -0.2) is 34.5 Å². The first-order chi connectivity index (χ1) is 12.2. The van der Waals surface area contributed by atoms with Crippen LogP contribution in [0.15, 0.2) is 47.6 Å². The van der Waals surface area contributed by atoms with Crippen molar-refractivity contribution in [1.29, 1.82) is 0 Å². The van der Waals surface area contributed by atoms with Gasteiger partial charge in [0.1, 0.15) is 10.8 Å². The highest BCUT2D eigenvalue weighted by Gasteiger charge is 2.13. The van der Waals surface area contributed by atoms with E-state index >= 15 is 0 Å². The summed E-state index contributed by atoms with van der Waals surface area (Å²) in [5.74, 6) is 1.14. The fraction of sp³-hybridized carbons (Fsp3) is 0.316. The molecule has 0 saturated heterocycles. The van der Waals surface area contributed by atoms with E-state index in [0.717, 1.165) is 34.3 Å². The Morgan fingerprint density at radius 2 is 2.04 bits per heavy atom. The molecule has 6 heteroatoms. The zero-order valence-electron chi connectivity index (χ0n) is 14.5. The number of hydrogen-bond donors (Lipinski definition) is 1. The number of hydrogen-bond acceptors (Lipinski definition) is 4. The average Bonchev–Trinajstić information content (AvgIpc) is 3.06. The number of ether oxygens (including phenoxy) is 2. The molecule has 0 aliphatic rings. The Morgan fingerprint density at radius 3 is 2.84 bits per heavy atom. The molecule has 0 saturated carbocycles. The number of fused-ring (bicyclic) bond motifs is 1. The van der Waals surface area contributed by atoms with Crippen LogP contribution in [0.5, 0.6) is 5.75 Å². The summed E-state index contributed by atoms with van der Waals surface area (Å²) in [5, 5.41) is 1.78. The predicted molar refractivity (Wildman–Crippen MR) is 99.4 cm³/mol. The SMILES string of the molecule is COCCCOc1ccnc(CS(=O)c2cc3ccccc3[nH]2)c1C. The van der Waals surface area contributed by atoms with E-state index in [0.29, 0.717) is 24.0 Å². The molecule has 3 rings (SSSR count). The monoisotopic (exact) mass is 358 g/mol. The molecule has 1 aromatic carbocycles. The topological polar surface area (TPSA) is 64.2 Å². The van der Waals surface area contributed by atoms with Gasteiger partial charge in [0, 0.05) is 42.8 Å². The number of aromatic nitrogens is 2. The summed E-state index contributed by atoms with van der Waals surface area (Å²) in [4.78, 5) is 7.62. The summed E-state index contributed by atoms with van der Waals surface area (Å²) >= 11 is 0. The van der Waals surface area contributed by atoms with Gasteiger partial charge in [-0.1, -0.05) is 18.2 Å². The molecule has 0 aliphatic carbocycles. The number of H-pyrrole nitrogens is 1. The van der Waals surface area contributed by atoms with Crippen LogP contribution in [0.2, 0.25) is 0 Å². The van der Waals surface area contributed by atoms with Crippen molar-refractivity contribution >= 4 is 21.7 Å². The number of benzene rings is 1. The fourth-order valence-corrected chi connectivity index (χ4v) is 3.79. The first-order valence-electron chi connectivity index (χ1n) is 8.21. The second-order valence-corrected chi connectivity index (χ2v) is 7.21. The smallest absolute Gasteiger partial charge is 0.125 e. The number of para-hydroxylation sites is 1. The normalized spacial score (nSPS) is 12.4. The third-order valence-electron chi connectivity index (χ3n) is 4.03. The van der Waals surface area contributed by atoms with Crippen LogP contribution in [0.25, 0.3) is 10.9 Å². The number of rotatable bonds is 8. The van der Waals surface area contributed by atoms with Crippen molar-refractivity contribution in [2.24, 2.45) is 0 Å². The van der Waals surface area contributed by atoms with Crippen LogP contribution in [0.1, 0.15) is 17.7 Å². The second-order valence-electron chi connectivity index (χ2n) is 5.79. The van der Waals surface area contributed by atoms with Crippen LogP contribution >= 0.6 is 0 Å². The molecule has 25 heavy (non-hydrogen) atoms. The van der Waals surface area contributed by atoms with E-state index in [1.165, 1.54) is 0 Å². The molecular weight excluding hydrogens is 336 g/mol. The van der Waals surface area contributed by atoms with Crippen LogP contribution in [0.4, 0.5) is 0 Å². The largest absolute Gasteiger partial charge is 0.493 e. The molecule has 0 spiro atoms. The number of aromatic amines is 1. The molecule has 5 nitrogen and oxygen atoms in total. The van der Waals surface area contributed by atoms with Crippen LogP contribution in [0.3, 0.4) is 0 Å². The van der Waals surface area contributed by atoms with Crippen molar-refractivity contribution < 1.29 is 13.7 Å². The van der Waals surface area contributed by atoms with Crippen molar-refractivity contribution in [3.63, 3.8) is 0 Å². The predicted octanol–water partition coefficient (Wildman–Crippen LogP) is 3.59. The molecule has 2 heterocycles. The Morgan fingerprint density at radius 1 is 1.20 bits per heavy atom. The second kappa shape index (κ2) is 8.27. The number of pyridine rings is 1. The lowest BCUT2D eigenvalue weighted by Gasteiger charge is -2.11. The molecule has 0 aliphatic heterocycles. The minimum atomic E-state index is -1.19. The quantitative estimate of drug-likeness (QED) is 0.625. The Kier molecular flexibility index (Phi) is 5.83. The van der Waals surface area contributed by atoms with Crippen molar-refractivity contribution in [1.82, 2.24) is 9.97 Å². The van der Waals surface area contributed by atoms with Gasteiger partial charge in [0.15, 0.2) is 0 Å². The van der Waals surface area contributed by atoms with Crippen LogP contribution in [0, 0.1) is 6.92 Å². The van der Waals surface area contributed by atoms with Gasteiger partial charge in [0.05, 0.1) is 28.9 Å². The minimum Gasteiger partial charge on any atom is -0.493 e. The molecule has 0 amide bonds. The van der Waals surface area contributed by atoms with Crippen molar-refractivity contribution in [3.8, 4) is 5.75 Å². The third-order valence-corrected chi connectivity index (χ3v) is 5.27. The molecule has 1 N–H and O–H groups in total. The van der Waals surface area contributed by atoms with Crippen molar-refractivity contribution in [2.75, 3.05) is 20.3 Å². The Labute approximate surface area is 149 Å². The maximum Gasteiger partial charge on any atom is 0.125 e. The third kappa shape index (κ3) is 4.27. The zero-order chi connectivity index (χ0) is 17.6. The first kappa shape index (κ1) is 17.6. The lowest BCUT2D eigenvalue weighted by atomic mass is 10.2. The van der Waals surface area contributed by atoms with Gasteiger partial charge in [0.25, 0.3) is 0 Å². The molecule has 1 unspecified atom stereocenters. The Hall–Kier alpha value is -2.18. The van der Waals surface area contributed by atoms with Gasteiger partial charge in [-0.15, -0.1) is 0 Å². The van der Waals surface area contributed by atoms with E-state index in [4.69, 9.17) is 9.47 Å². The molecule has 0 fully saturated rings. The molecule has 3 aromatic rings. The van der Waals surface area contributed by atoms with Gasteiger partial charge in [0.2, 0.25) is 0 Å². The summed E-state index contributed by atoms with van der Waals surface area (Å²) in [7, 11) is 0.488. The zero-order valence-corrected chi connectivity index (χ0v) is 15.3. The van der Waals surface area contributed by atoms with Crippen molar-refractivity contribution in [2.45, 2.75) is 24.1 Å². The van der Waals surface area contributed by atoms with E-state index in [9.17, 15) is 4.21 Å². The highest BCUT2D eigenvalue weighted by Crippen LogP contribution is 2.23.